The minimum atomic E-state index is -4.54. The van der Waals surface area contributed by atoms with Crippen LogP contribution >= 0.6 is 0 Å². The highest BCUT2D eigenvalue weighted by molar-refractivity contribution is 5.95. The Morgan fingerprint density at radius 2 is 1.69 bits per heavy atom. The highest BCUT2D eigenvalue weighted by Crippen LogP contribution is 2.36. The number of amides is 1. The molecule has 0 bridgehead atoms. The Labute approximate surface area is 201 Å². The van der Waals surface area contributed by atoms with E-state index in [1.807, 2.05) is 4.90 Å². The Hall–Kier alpha value is -3.36. The number of fused-ring (bicyclic) bond motifs is 1. The fourth-order valence-electron chi connectivity index (χ4n) is 4.63. The van der Waals surface area contributed by atoms with Crippen LogP contribution in [0.15, 0.2) is 48.5 Å². The first-order valence-electron chi connectivity index (χ1n) is 11.5. The highest BCUT2D eigenvalue weighted by Gasteiger charge is 2.34. The molecule has 0 unspecified atom stereocenters. The van der Waals surface area contributed by atoms with Crippen molar-refractivity contribution >= 4 is 28.2 Å². The summed E-state index contributed by atoms with van der Waals surface area (Å²) in [7, 11) is 5.39. The monoisotopic (exact) mass is 488 g/mol. The molecule has 0 saturated heterocycles. The number of alkyl halides is 3. The predicted molar refractivity (Wildman–Crippen MR) is 129 cm³/mol. The molecule has 0 radical (unpaired) electrons. The van der Waals surface area contributed by atoms with E-state index in [-0.39, 0.29) is 17.6 Å². The van der Waals surface area contributed by atoms with E-state index < -0.39 is 23.6 Å². The summed E-state index contributed by atoms with van der Waals surface area (Å²) in [6.07, 6.45) is -1.88. The third kappa shape index (κ3) is 5.33. The Kier molecular flexibility index (Phi) is 6.87. The molecule has 186 valence electrons. The molecule has 1 aliphatic carbocycles. The van der Waals surface area contributed by atoms with E-state index in [0.29, 0.717) is 48.0 Å². The van der Waals surface area contributed by atoms with Gasteiger partial charge in [-0.25, -0.2) is 9.37 Å². The van der Waals surface area contributed by atoms with Crippen molar-refractivity contribution in [2.75, 3.05) is 30.9 Å². The number of hydrogen-bond donors (Lipinski definition) is 1. The van der Waals surface area contributed by atoms with Gasteiger partial charge in [0.05, 0.1) is 11.1 Å². The topological polar surface area (TPSA) is 48.5 Å². The Bertz CT molecular complexity index is 1220. The lowest BCUT2D eigenvalue weighted by Crippen LogP contribution is -2.43. The molecule has 35 heavy (non-hydrogen) atoms. The van der Waals surface area contributed by atoms with Gasteiger partial charge >= 0.3 is 6.18 Å². The van der Waals surface area contributed by atoms with Crippen molar-refractivity contribution < 1.29 is 22.4 Å². The van der Waals surface area contributed by atoms with Gasteiger partial charge in [-0.05, 0) is 56.0 Å². The van der Waals surface area contributed by atoms with Gasteiger partial charge in [0.25, 0.3) is 5.91 Å². The van der Waals surface area contributed by atoms with Crippen molar-refractivity contribution in [3.05, 3.63) is 65.6 Å². The van der Waals surface area contributed by atoms with Crippen molar-refractivity contribution in [2.24, 2.45) is 0 Å². The number of para-hydroxylation sites is 1. The molecule has 3 aromatic rings. The first-order valence-corrected chi connectivity index (χ1v) is 11.5. The molecule has 9 heteroatoms. The van der Waals surface area contributed by atoms with Crippen molar-refractivity contribution in [3.63, 3.8) is 0 Å². The van der Waals surface area contributed by atoms with Crippen molar-refractivity contribution in [3.8, 4) is 0 Å². The lowest BCUT2D eigenvalue weighted by molar-refractivity contribution is -0.140. The fourth-order valence-corrected chi connectivity index (χ4v) is 4.63. The summed E-state index contributed by atoms with van der Waals surface area (Å²) in [6.45, 7) is 0. The van der Waals surface area contributed by atoms with Crippen LogP contribution in [-0.4, -0.2) is 44.1 Å². The average molecular weight is 489 g/mol. The van der Waals surface area contributed by atoms with Gasteiger partial charge < -0.3 is 15.1 Å². The standard InChI is InChI=1S/C26H28F4N4O/c1-33(2)18-12-13-19(21(27)14-18)25(35)31-16-8-10-17(11-9-16)34(3)23-15-24(26(28,29)30)32-22-7-5-4-6-20(22)23/h4-7,12-17H,8-11H2,1-3H3,(H,31,35)/t16-,17+. The number of anilines is 2. The van der Waals surface area contributed by atoms with Crippen LogP contribution in [0.1, 0.15) is 41.7 Å². The molecule has 1 heterocycles. The van der Waals surface area contributed by atoms with Crippen LogP contribution in [0.5, 0.6) is 0 Å². The van der Waals surface area contributed by atoms with Gasteiger partial charge in [-0.3, -0.25) is 4.79 Å². The molecule has 4 rings (SSSR count). The Balaban J connectivity index is 1.45. The van der Waals surface area contributed by atoms with Gasteiger partial charge in [0, 0.05) is 50.0 Å². The van der Waals surface area contributed by atoms with Gasteiger partial charge in [0.2, 0.25) is 0 Å². The van der Waals surface area contributed by atoms with Crippen molar-refractivity contribution in [1.82, 2.24) is 10.3 Å². The molecule has 0 aliphatic heterocycles. The van der Waals surface area contributed by atoms with E-state index in [1.54, 1.807) is 56.4 Å². The maximum absolute atomic E-state index is 14.4. The van der Waals surface area contributed by atoms with E-state index in [4.69, 9.17) is 0 Å². The van der Waals surface area contributed by atoms with E-state index in [1.165, 1.54) is 12.1 Å². The quantitative estimate of drug-likeness (QED) is 0.473. The molecular formula is C26H28F4N4O. The van der Waals surface area contributed by atoms with Crippen LogP contribution in [0.25, 0.3) is 10.9 Å². The molecule has 0 spiro atoms. The van der Waals surface area contributed by atoms with Crippen molar-refractivity contribution in [1.29, 1.82) is 0 Å². The maximum atomic E-state index is 14.4. The summed E-state index contributed by atoms with van der Waals surface area (Å²) in [4.78, 5) is 20.1. The van der Waals surface area contributed by atoms with Gasteiger partial charge in [-0.15, -0.1) is 0 Å². The van der Waals surface area contributed by atoms with Gasteiger partial charge in [0.1, 0.15) is 11.5 Å². The van der Waals surface area contributed by atoms with Crippen LogP contribution in [0.4, 0.5) is 28.9 Å². The molecule has 2 aromatic carbocycles. The lowest BCUT2D eigenvalue weighted by Gasteiger charge is -2.37. The van der Waals surface area contributed by atoms with Crippen LogP contribution in [0.3, 0.4) is 0 Å². The number of nitrogens with zero attached hydrogens (tertiary/aromatic N) is 3. The van der Waals surface area contributed by atoms with Crippen molar-refractivity contribution in [2.45, 2.75) is 43.9 Å². The number of benzene rings is 2. The largest absolute Gasteiger partial charge is 0.433 e. The minimum Gasteiger partial charge on any atom is -0.378 e. The number of hydrogen-bond acceptors (Lipinski definition) is 4. The second-order valence-electron chi connectivity index (χ2n) is 9.19. The number of carbonyl (C=O) groups is 1. The highest BCUT2D eigenvalue weighted by atomic mass is 19.4. The molecule has 1 fully saturated rings. The number of carbonyl (C=O) groups excluding carboxylic acids is 1. The zero-order chi connectivity index (χ0) is 25.3. The third-order valence-electron chi connectivity index (χ3n) is 6.66. The van der Waals surface area contributed by atoms with Gasteiger partial charge in [-0.1, -0.05) is 18.2 Å². The van der Waals surface area contributed by atoms with E-state index in [9.17, 15) is 22.4 Å². The Morgan fingerprint density at radius 3 is 2.31 bits per heavy atom. The molecule has 1 N–H and O–H groups in total. The molecule has 1 saturated carbocycles. The minimum absolute atomic E-state index is 0.00206. The van der Waals surface area contributed by atoms with Crippen LogP contribution in [0, 0.1) is 5.82 Å². The van der Waals surface area contributed by atoms with Crippen LogP contribution < -0.4 is 15.1 Å². The summed E-state index contributed by atoms with van der Waals surface area (Å²) in [5, 5.41) is 3.57. The number of aromatic nitrogens is 1. The first kappa shape index (κ1) is 24.8. The van der Waals surface area contributed by atoms with Gasteiger partial charge in [0.15, 0.2) is 0 Å². The van der Waals surface area contributed by atoms with E-state index in [2.05, 4.69) is 10.3 Å². The predicted octanol–water partition coefficient (Wildman–Crippen LogP) is 5.64. The first-order chi connectivity index (χ1) is 16.5. The summed E-state index contributed by atoms with van der Waals surface area (Å²) in [6, 6.07) is 12.3. The van der Waals surface area contributed by atoms with Crippen LogP contribution in [-0.2, 0) is 6.18 Å². The summed E-state index contributed by atoms with van der Waals surface area (Å²) in [5.74, 6) is -1.04. The summed E-state index contributed by atoms with van der Waals surface area (Å²) < 4.78 is 54.8. The van der Waals surface area contributed by atoms with E-state index in [0.717, 1.165) is 6.07 Å². The summed E-state index contributed by atoms with van der Waals surface area (Å²) >= 11 is 0. The fraction of sp³-hybridized carbons (Fsp3) is 0.385. The number of halogens is 4. The SMILES string of the molecule is CN(C)c1ccc(C(=O)N[C@H]2CC[C@@H](N(C)c3cc(C(F)(F)F)nc4ccccc34)CC2)c(F)c1. The second-order valence-corrected chi connectivity index (χ2v) is 9.19. The number of nitrogens with one attached hydrogen (secondary N) is 1. The molecule has 0 atom stereocenters. The average Bonchev–Trinajstić information content (AvgIpc) is 2.82. The number of pyridine rings is 1. The third-order valence-corrected chi connectivity index (χ3v) is 6.66. The molecule has 5 nitrogen and oxygen atoms in total. The van der Waals surface area contributed by atoms with E-state index >= 15 is 0 Å². The molecule has 1 aromatic heterocycles. The molecular weight excluding hydrogens is 460 g/mol. The summed E-state index contributed by atoms with van der Waals surface area (Å²) in [5.41, 5.74) is 0.532. The second kappa shape index (κ2) is 9.71. The normalized spacial score (nSPS) is 18.4. The lowest BCUT2D eigenvalue weighted by atomic mass is 9.89. The molecule has 1 amide bonds. The zero-order valence-corrected chi connectivity index (χ0v) is 19.9. The maximum Gasteiger partial charge on any atom is 0.433 e. The smallest absolute Gasteiger partial charge is 0.378 e. The van der Waals surface area contributed by atoms with Gasteiger partial charge in [-0.2, -0.15) is 13.2 Å². The number of rotatable bonds is 5. The molecule has 1 aliphatic rings. The zero-order valence-electron chi connectivity index (χ0n) is 19.9. The Morgan fingerprint density at radius 1 is 1.00 bits per heavy atom. The van der Waals surface area contributed by atoms with Crippen LogP contribution in [0.2, 0.25) is 0 Å².